The number of esters is 1. The van der Waals surface area contributed by atoms with E-state index in [2.05, 4.69) is 9.46 Å². The van der Waals surface area contributed by atoms with Crippen molar-refractivity contribution in [1.29, 1.82) is 0 Å². The summed E-state index contributed by atoms with van der Waals surface area (Å²) in [5.41, 5.74) is 0.0260. The van der Waals surface area contributed by atoms with Gasteiger partial charge in [0.2, 0.25) is 10.0 Å². The fraction of sp³-hybridized carbons (Fsp3) is 0.615. The number of carbonyl (C=O) groups excluding carboxylic acids is 1. The molecule has 0 aliphatic heterocycles. The fourth-order valence-corrected chi connectivity index (χ4v) is 5.03. The molecule has 0 saturated carbocycles. The van der Waals surface area contributed by atoms with Crippen LogP contribution in [0.3, 0.4) is 0 Å². The highest BCUT2D eigenvalue weighted by Gasteiger charge is 2.32. The van der Waals surface area contributed by atoms with E-state index in [9.17, 15) is 13.2 Å². The van der Waals surface area contributed by atoms with Crippen LogP contribution in [0.25, 0.3) is 0 Å². The number of ether oxygens (including phenoxy) is 1. The van der Waals surface area contributed by atoms with Gasteiger partial charge in [-0.1, -0.05) is 13.8 Å². The van der Waals surface area contributed by atoms with E-state index in [1.165, 1.54) is 7.11 Å². The fourth-order valence-electron chi connectivity index (χ4n) is 1.77. The van der Waals surface area contributed by atoms with E-state index in [-0.39, 0.29) is 9.77 Å². The van der Waals surface area contributed by atoms with Crippen LogP contribution in [-0.4, -0.2) is 27.0 Å². The first-order valence-electron chi connectivity index (χ1n) is 6.41. The number of hydrogen-bond acceptors (Lipinski definition) is 5. The molecule has 114 valence electrons. The second kappa shape index (κ2) is 6.24. The van der Waals surface area contributed by atoms with Gasteiger partial charge in [-0.05, 0) is 37.6 Å². The molecule has 0 bridgehead atoms. The maximum Gasteiger partial charge on any atom is 0.349 e. The predicted molar refractivity (Wildman–Crippen MR) is 79.7 cm³/mol. The zero-order valence-corrected chi connectivity index (χ0v) is 14.1. The van der Waals surface area contributed by atoms with E-state index in [0.717, 1.165) is 11.3 Å². The van der Waals surface area contributed by atoms with Crippen LogP contribution in [0, 0.1) is 6.92 Å². The Hall–Kier alpha value is -0.920. The van der Waals surface area contributed by atoms with E-state index < -0.39 is 21.5 Å². The van der Waals surface area contributed by atoms with Crippen molar-refractivity contribution in [3.8, 4) is 0 Å². The third kappa shape index (κ3) is 3.39. The summed E-state index contributed by atoms with van der Waals surface area (Å²) >= 11 is 1.08. The second-order valence-electron chi connectivity index (χ2n) is 4.94. The number of thiophene rings is 1. The van der Waals surface area contributed by atoms with Crippen molar-refractivity contribution in [1.82, 2.24) is 4.72 Å². The smallest absolute Gasteiger partial charge is 0.349 e. The highest BCUT2D eigenvalue weighted by atomic mass is 32.2. The molecule has 0 radical (unpaired) electrons. The van der Waals surface area contributed by atoms with Crippen molar-refractivity contribution in [3.05, 3.63) is 15.8 Å². The van der Waals surface area contributed by atoms with Crippen LogP contribution in [0.5, 0.6) is 0 Å². The van der Waals surface area contributed by atoms with Gasteiger partial charge in [0.05, 0.1) is 7.11 Å². The van der Waals surface area contributed by atoms with Gasteiger partial charge < -0.3 is 4.74 Å². The number of sulfonamides is 1. The number of methoxy groups -OCH3 is 1. The topological polar surface area (TPSA) is 72.5 Å². The predicted octanol–water partition coefficient (Wildman–Crippen LogP) is 2.70. The van der Waals surface area contributed by atoms with Gasteiger partial charge >= 0.3 is 5.97 Å². The Morgan fingerprint density at radius 2 is 1.95 bits per heavy atom. The Kier molecular flexibility index (Phi) is 5.34. The van der Waals surface area contributed by atoms with E-state index in [4.69, 9.17) is 0 Å². The van der Waals surface area contributed by atoms with Crippen LogP contribution in [0.4, 0.5) is 0 Å². The summed E-state index contributed by atoms with van der Waals surface area (Å²) in [6.07, 6.45) is 1.33. The van der Waals surface area contributed by atoms with E-state index in [1.807, 2.05) is 20.8 Å². The molecule has 1 aromatic heterocycles. The standard InChI is InChI=1S/C13H21NO4S2/c1-6-13(4,7-2)14-20(16,17)11-9(3)8-19-10(11)12(15)18-5/h8,14H,6-7H2,1-5H3. The molecule has 5 nitrogen and oxygen atoms in total. The summed E-state index contributed by atoms with van der Waals surface area (Å²) in [6.45, 7) is 7.37. The molecule has 0 fully saturated rings. The molecule has 0 spiro atoms. The third-order valence-electron chi connectivity index (χ3n) is 3.50. The first-order chi connectivity index (χ1) is 9.20. The number of aryl methyl sites for hydroxylation is 1. The zero-order chi connectivity index (χ0) is 15.6. The van der Waals surface area contributed by atoms with E-state index >= 15 is 0 Å². The molecule has 1 aromatic rings. The van der Waals surface area contributed by atoms with Crippen LogP contribution in [0.1, 0.15) is 48.8 Å². The molecule has 1 N–H and O–H groups in total. The highest BCUT2D eigenvalue weighted by molar-refractivity contribution is 7.89. The molecule has 0 aliphatic carbocycles. The van der Waals surface area contributed by atoms with Gasteiger partial charge in [-0.3, -0.25) is 0 Å². The Morgan fingerprint density at radius 1 is 1.40 bits per heavy atom. The number of hydrogen-bond donors (Lipinski definition) is 1. The number of rotatable bonds is 6. The van der Waals surface area contributed by atoms with Gasteiger partial charge in [0, 0.05) is 5.54 Å². The summed E-state index contributed by atoms with van der Waals surface area (Å²) < 4.78 is 32.5. The molecule has 0 unspecified atom stereocenters. The monoisotopic (exact) mass is 319 g/mol. The molecule has 0 amide bonds. The molecule has 0 saturated heterocycles. The molecule has 1 heterocycles. The molecular formula is C13H21NO4S2. The highest BCUT2D eigenvalue weighted by Crippen LogP contribution is 2.29. The van der Waals surface area contributed by atoms with Gasteiger partial charge in [0.1, 0.15) is 9.77 Å². The van der Waals surface area contributed by atoms with Gasteiger partial charge in [-0.2, -0.15) is 0 Å². The molecule has 1 rings (SSSR count). The Bertz CT molecular complexity index is 586. The normalized spacial score (nSPS) is 12.4. The first kappa shape index (κ1) is 17.1. The average Bonchev–Trinajstić information content (AvgIpc) is 2.80. The minimum atomic E-state index is -3.76. The summed E-state index contributed by atoms with van der Waals surface area (Å²) in [6, 6.07) is 0. The second-order valence-corrected chi connectivity index (χ2v) is 7.44. The zero-order valence-electron chi connectivity index (χ0n) is 12.4. The SMILES string of the molecule is CCC(C)(CC)NS(=O)(=O)c1c(C)csc1C(=O)OC. The van der Waals surface area contributed by atoms with E-state index in [0.29, 0.717) is 18.4 Å². The number of nitrogens with one attached hydrogen (secondary N) is 1. The third-order valence-corrected chi connectivity index (χ3v) is 6.53. The van der Waals surface area contributed by atoms with Gasteiger partial charge in [-0.15, -0.1) is 11.3 Å². The lowest BCUT2D eigenvalue weighted by Gasteiger charge is -2.28. The lowest BCUT2D eigenvalue weighted by molar-refractivity contribution is 0.0602. The number of carbonyl (C=O) groups is 1. The Morgan fingerprint density at radius 3 is 2.40 bits per heavy atom. The minimum Gasteiger partial charge on any atom is -0.465 e. The van der Waals surface area contributed by atoms with Crippen LogP contribution >= 0.6 is 11.3 Å². The lowest BCUT2D eigenvalue weighted by Crippen LogP contribution is -2.45. The largest absolute Gasteiger partial charge is 0.465 e. The molecule has 0 atom stereocenters. The van der Waals surface area contributed by atoms with Gasteiger partial charge in [0.15, 0.2) is 0 Å². The molecule has 0 aromatic carbocycles. The maximum absolute atomic E-state index is 12.6. The first-order valence-corrected chi connectivity index (χ1v) is 8.77. The Balaban J connectivity index is 3.30. The Labute approximate surface area is 124 Å². The minimum absolute atomic E-state index is 0.0301. The molecule has 0 aliphatic rings. The van der Waals surface area contributed by atoms with Crippen molar-refractivity contribution in [2.45, 2.75) is 51.0 Å². The van der Waals surface area contributed by atoms with Crippen molar-refractivity contribution in [3.63, 3.8) is 0 Å². The van der Waals surface area contributed by atoms with Crippen molar-refractivity contribution >= 4 is 27.3 Å². The molecule has 20 heavy (non-hydrogen) atoms. The van der Waals surface area contributed by atoms with E-state index in [1.54, 1.807) is 12.3 Å². The summed E-state index contributed by atoms with van der Waals surface area (Å²) in [5.74, 6) is -0.627. The van der Waals surface area contributed by atoms with Crippen LogP contribution in [0.15, 0.2) is 10.3 Å². The van der Waals surface area contributed by atoms with Crippen molar-refractivity contribution in [2.24, 2.45) is 0 Å². The summed E-state index contributed by atoms with van der Waals surface area (Å²) in [5, 5.41) is 1.65. The van der Waals surface area contributed by atoms with Crippen LogP contribution in [-0.2, 0) is 14.8 Å². The maximum atomic E-state index is 12.6. The summed E-state index contributed by atoms with van der Waals surface area (Å²) in [4.78, 5) is 11.8. The van der Waals surface area contributed by atoms with Gasteiger partial charge in [0.25, 0.3) is 0 Å². The lowest BCUT2D eigenvalue weighted by atomic mass is 9.98. The van der Waals surface area contributed by atoms with Crippen LogP contribution < -0.4 is 4.72 Å². The summed E-state index contributed by atoms with van der Waals surface area (Å²) in [7, 11) is -2.52. The van der Waals surface area contributed by atoms with Crippen molar-refractivity contribution in [2.75, 3.05) is 7.11 Å². The average molecular weight is 319 g/mol. The molecule has 7 heteroatoms. The molecular weight excluding hydrogens is 298 g/mol. The van der Waals surface area contributed by atoms with Crippen LogP contribution in [0.2, 0.25) is 0 Å². The quantitative estimate of drug-likeness (QED) is 0.818. The van der Waals surface area contributed by atoms with Gasteiger partial charge in [-0.25, -0.2) is 17.9 Å². The van der Waals surface area contributed by atoms with Crippen molar-refractivity contribution < 1.29 is 17.9 Å².